The van der Waals surface area contributed by atoms with Crippen LogP contribution in [0.1, 0.15) is 51.4 Å². The number of carbonyl (C=O) groups is 2. The monoisotopic (exact) mass is 401 g/mol. The summed E-state index contributed by atoms with van der Waals surface area (Å²) in [6.07, 6.45) is 7.68. The van der Waals surface area contributed by atoms with Gasteiger partial charge in [-0.15, -0.1) is 12.4 Å². The fraction of sp³-hybridized carbons (Fsp3) is 0.900. The van der Waals surface area contributed by atoms with E-state index in [-0.39, 0.29) is 24.2 Å². The Bertz CT molecular complexity index is 483. The van der Waals surface area contributed by atoms with Crippen molar-refractivity contribution in [3.8, 4) is 0 Å². The Balaban J connectivity index is 0.00000261. The number of hydrogen-bond acceptors (Lipinski definition) is 4. The van der Waals surface area contributed by atoms with Gasteiger partial charge in [0.05, 0.1) is 18.6 Å². The van der Waals surface area contributed by atoms with Crippen LogP contribution in [-0.4, -0.2) is 74.6 Å². The van der Waals surface area contributed by atoms with Gasteiger partial charge in [-0.25, -0.2) is 0 Å². The minimum Gasteiger partial charge on any atom is -0.378 e. The maximum Gasteiger partial charge on any atom is 0.229 e. The molecule has 3 aliphatic rings. The number of nitrogens with zero attached hydrogens (tertiary/aromatic N) is 2. The van der Waals surface area contributed by atoms with Crippen molar-refractivity contribution in [2.45, 2.75) is 51.4 Å². The van der Waals surface area contributed by atoms with Crippen molar-refractivity contribution in [3.63, 3.8) is 0 Å². The molecule has 0 unspecified atom stereocenters. The fourth-order valence-corrected chi connectivity index (χ4v) is 4.84. The lowest BCUT2D eigenvalue weighted by Gasteiger charge is -2.39. The Labute approximate surface area is 169 Å². The second-order valence-electron chi connectivity index (χ2n) is 8.29. The Hall–Kier alpha value is -0.850. The molecule has 1 aliphatic carbocycles. The van der Waals surface area contributed by atoms with Crippen molar-refractivity contribution >= 4 is 24.2 Å². The van der Waals surface area contributed by atoms with Gasteiger partial charge in [-0.1, -0.05) is 12.8 Å². The normalized spacial score (nSPS) is 23.1. The second-order valence-corrected chi connectivity index (χ2v) is 8.29. The van der Waals surface area contributed by atoms with Crippen molar-refractivity contribution in [3.05, 3.63) is 0 Å². The van der Waals surface area contributed by atoms with E-state index in [1.54, 1.807) is 0 Å². The summed E-state index contributed by atoms with van der Waals surface area (Å²) in [5.74, 6) is 1.12. The molecule has 1 saturated carbocycles. The first-order valence-electron chi connectivity index (χ1n) is 10.4. The van der Waals surface area contributed by atoms with Crippen LogP contribution < -0.4 is 5.32 Å². The second kappa shape index (κ2) is 10.6. The average molecular weight is 402 g/mol. The zero-order chi connectivity index (χ0) is 18.4. The van der Waals surface area contributed by atoms with Crippen LogP contribution in [0.2, 0.25) is 0 Å². The van der Waals surface area contributed by atoms with E-state index >= 15 is 0 Å². The molecular formula is C20H36ClN3O3. The van der Waals surface area contributed by atoms with Crippen LogP contribution in [0, 0.1) is 11.3 Å². The fourth-order valence-electron chi connectivity index (χ4n) is 4.84. The largest absolute Gasteiger partial charge is 0.378 e. The molecule has 2 aliphatic heterocycles. The van der Waals surface area contributed by atoms with Crippen LogP contribution >= 0.6 is 12.4 Å². The van der Waals surface area contributed by atoms with Gasteiger partial charge in [0.2, 0.25) is 11.8 Å². The Kier molecular flexibility index (Phi) is 8.83. The Morgan fingerprint density at radius 2 is 1.67 bits per heavy atom. The molecule has 0 spiro atoms. The lowest BCUT2D eigenvalue weighted by molar-refractivity contribution is -0.150. The van der Waals surface area contributed by atoms with E-state index in [9.17, 15) is 9.59 Å². The first kappa shape index (κ1) is 22.4. The zero-order valence-electron chi connectivity index (χ0n) is 16.7. The average Bonchev–Trinajstić information content (AvgIpc) is 3.16. The van der Waals surface area contributed by atoms with Crippen molar-refractivity contribution in [2.24, 2.45) is 11.3 Å². The quantitative estimate of drug-likeness (QED) is 0.740. The van der Waals surface area contributed by atoms with Gasteiger partial charge in [-0.2, -0.15) is 0 Å². The van der Waals surface area contributed by atoms with Gasteiger partial charge in [0.25, 0.3) is 0 Å². The van der Waals surface area contributed by atoms with Crippen LogP contribution in [0.15, 0.2) is 0 Å². The first-order chi connectivity index (χ1) is 12.6. The Morgan fingerprint density at radius 3 is 2.26 bits per heavy atom. The van der Waals surface area contributed by atoms with E-state index in [0.29, 0.717) is 32.7 Å². The molecular weight excluding hydrogens is 366 g/mol. The maximum absolute atomic E-state index is 13.4. The summed E-state index contributed by atoms with van der Waals surface area (Å²) < 4.78 is 5.35. The molecule has 7 heteroatoms. The number of nitrogens with one attached hydrogen (secondary N) is 1. The van der Waals surface area contributed by atoms with Crippen molar-refractivity contribution in [1.29, 1.82) is 0 Å². The van der Waals surface area contributed by atoms with Crippen LogP contribution in [0.4, 0.5) is 0 Å². The molecule has 0 radical (unpaired) electrons. The van der Waals surface area contributed by atoms with Crippen molar-refractivity contribution in [2.75, 3.05) is 53.0 Å². The predicted molar refractivity (Wildman–Crippen MR) is 108 cm³/mol. The zero-order valence-corrected chi connectivity index (χ0v) is 17.5. The summed E-state index contributed by atoms with van der Waals surface area (Å²) in [6, 6.07) is 0. The number of hydrogen-bond donors (Lipinski definition) is 1. The molecule has 27 heavy (non-hydrogen) atoms. The molecule has 0 bridgehead atoms. The third kappa shape index (κ3) is 5.58. The summed E-state index contributed by atoms with van der Waals surface area (Å²) in [5.41, 5.74) is -0.437. The number of carbonyl (C=O) groups excluding carboxylic acids is 2. The molecule has 3 rings (SSSR count). The highest BCUT2D eigenvalue weighted by Crippen LogP contribution is 2.44. The predicted octanol–water partition coefficient (Wildman–Crippen LogP) is 2.07. The number of halogens is 1. The highest BCUT2D eigenvalue weighted by molar-refractivity contribution is 5.89. The lowest BCUT2D eigenvalue weighted by Crippen LogP contribution is -2.49. The molecule has 2 amide bonds. The smallest absolute Gasteiger partial charge is 0.229 e. The molecule has 0 atom stereocenters. The molecule has 0 aromatic rings. The van der Waals surface area contributed by atoms with E-state index in [4.69, 9.17) is 4.74 Å². The van der Waals surface area contributed by atoms with Crippen LogP contribution in [0.25, 0.3) is 0 Å². The van der Waals surface area contributed by atoms with E-state index in [2.05, 4.69) is 10.2 Å². The molecule has 0 aromatic heterocycles. The van der Waals surface area contributed by atoms with Gasteiger partial charge in [0.15, 0.2) is 0 Å². The minimum atomic E-state index is -0.437. The number of piperidine rings is 1. The van der Waals surface area contributed by atoms with Gasteiger partial charge < -0.3 is 19.9 Å². The molecule has 2 saturated heterocycles. The number of rotatable bonds is 6. The van der Waals surface area contributed by atoms with E-state index < -0.39 is 5.41 Å². The maximum atomic E-state index is 13.4. The highest BCUT2D eigenvalue weighted by atomic mass is 35.5. The SMILES string of the molecule is CNCCC1CCN(C(=O)C2(CC(=O)N3CCOCC3)CCCC2)CC1.Cl. The van der Waals surface area contributed by atoms with E-state index in [1.807, 2.05) is 11.9 Å². The number of amides is 2. The summed E-state index contributed by atoms with van der Waals surface area (Å²) in [6.45, 7) is 5.34. The van der Waals surface area contributed by atoms with Crippen LogP contribution in [0.5, 0.6) is 0 Å². The first-order valence-corrected chi connectivity index (χ1v) is 10.4. The van der Waals surface area contributed by atoms with Crippen LogP contribution in [0.3, 0.4) is 0 Å². The molecule has 156 valence electrons. The summed E-state index contributed by atoms with van der Waals surface area (Å²) in [7, 11) is 1.99. The molecule has 0 aromatic carbocycles. The van der Waals surface area contributed by atoms with Crippen molar-refractivity contribution < 1.29 is 14.3 Å². The molecule has 3 fully saturated rings. The summed E-state index contributed by atoms with van der Waals surface area (Å²) in [4.78, 5) is 30.1. The molecule has 1 N–H and O–H groups in total. The third-order valence-corrected chi connectivity index (χ3v) is 6.57. The summed E-state index contributed by atoms with van der Waals surface area (Å²) >= 11 is 0. The van der Waals surface area contributed by atoms with Gasteiger partial charge in [-0.05, 0) is 51.6 Å². The van der Waals surface area contributed by atoms with Gasteiger partial charge in [0.1, 0.15) is 0 Å². The van der Waals surface area contributed by atoms with E-state index in [1.165, 1.54) is 6.42 Å². The number of morpholine rings is 1. The lowest BCUT2D eigenvalue weighted by atomic mass is 9.79. The highest BCUT2D eigenvalue weighted by Gasteiger charge is 2.46. The number of likely N-dealkylation sites (tertiary alicyclic amines) is 1. The third-order valence-electron chi connectivity index (χ3n) is 6.57. The van der Waals surface area contributed by atoms with Crippen molar-refractivity contribution in [1.82, 2.24) is 15.1 Å². The minimum absolute atomic E-state index is 0. The van der Waals surface area contributed by atoms with E-state index in [0.717, 1.165) is 64.1 Å². The van der Waals surface area contributed by atoms with Gasteiger partial charge in [0, 0.05) is 32.6 Å². The van der Waals surface area contributed by atoms with Gasteiger partial charge in [-0.3, -0.25) is 9.59 Å². The van der Waals surface area contributed by atoms with Crippen LogP contribution in [-0.2, 0) is 14.3 Å². The number of ether oxygens (including phenoxy) is 1. The standard InChI is InChI=1S/C20H35N3O3.ClH/c1-21-9-4-17-5-10-23(11-6-17)19(25)20(7-2-3-8-20)16-18(24)22-12-14-26-15-13-22;/h17,21H,2-16H2,1H3;1H. The van der Waals surface area contributed by atoms with Gasteiger partial charge >= 0.3 is 0 Å². The molecule has 6 nitrogen and oxygen atoms in total. The Morgan fingerprint density at radius 1 is 1.04 bits per heavy atom. The molecule has 2 heterocycles. The topological polar surface area (TPSA) is 61.9 Å². The summed E-state index contributed by atoms with van der Waals surface area (Å²) in [5, 5.41) is 3.22.